The van der Waals surface area contributed by atoms with E-state index in [1.807, 2.05) is 0 Å². The number of rotatable bonds is 1. The van der Waals surface area contributed by atoms with E-state index in [0.29, 0.717) is 22.5 Å². The number of benzene rings is 2. The van der Waals surface area contributed by atoms with E-state index in [1.54, 1.807) is 55.6 Å². The van der Waals surface area contributed by atoms with Gasteiger partial charge < -0.3 is 10.2 Å². The zero-order valence-electron chi connectivity index (χ0n) is 15.6. The van der Waals surface area contributed by atoms with E-state index in [4.69, 9.17) is 12.2 Å². The number of nitro groups is 1. The summed E-state index contributed by atoms with van der Waals surface area (Å²) in [6.45, 7) is 1.34. The molecule has 1 saturated heterocycles. The van der Waals surface area contributed by atoms with E-state index >= 15 is 0 Å². The number of fused-ring (bicyclic) bond motifs is 6. The van der Waals surface area contributed by atoms with Gasteiger partial charge in [-0.3, -0.25) is 24.6 Å². The van der Waals surface area contributed by atoms with Crippen molar-refractivity contribution >= 4 is 40.4 Å². The molecule has 0 aromatic heterocycles. The molecule has 2 amide bonds. The topological polar surface area (TPSA) is 95.8 Å². The Balaban J connectivity index is 1.91. The van der Waals surface area contributed by atoms with Crippen LogP contribution in [0.2, 0.25) is 0 Å². The Morgan fingerprint density at radius 3 is 2.34 bits per heavy atom. The largest absolute Gasteiger partial charge is 0.354 e. The number of thiocarbonyl (C=S) groups is 1. The Hall–Kier alpha value is -3.33. The lowest BCUT2D eigenvalue weighted by molar-refractivity contribution is -0.555. The zero-order valence-corrected chi connectivity index (χ0v) is 16.4. The summed E-state index contributed by atoms with van der Waals surface area (Å²) in [5.74, 6) is -0.772. The van der Waals surface area contributed by atoms with Crippen molar-refractivity contribution in [2.45, 2.75) is 24.0 Å². The first-order valence-electron chi connectivity index (χ1n) is 9.03. The number of likely N-dealkylation sites (N-methyl/N-ethyl adjacent to an activating group) is 1. The van der Waals surface area contributed by atoms with Crippen molar-refractivity contribution in [1.82, 2.24) is 5.32 Å². The molecule has 0 saturated carbocycles. The summed E-state index contributed by atoms with van der Waals surface area (Å²) in [4.78, 5) is 41.3. The molecule has 5 rings (SSSR count). The van der Waals surface area contributed by atoms with E-state index < -0.39 is 28.0 Å². The van der Waals surface area contributed by atoms with Crippen LogP contribution in [0, 0.1) is 10.1 Å². The maximum Gasteiger partial charge on any atom is 0.321 e. The Morgan fingerprint density at radius 1 is 1.14 bits per heavy atom. The molecule has 1 N–H and O–H groups in total. The van der Waals surface area contributed by atoms with Crippen LogP contribution >= 0.6 is 12.2 Å². The normalized spacial score (nSPS) is 29.0. The zero-order chi connectivity index (χ0) is 20.7. The molecule has 2 aromatic rings. The molecule has 3 heterocycles. The number of para-hydroxylation sites is 2. The van der Waals surface area contributed by atoms with Crippen molar-refractivity contribution in [2.24, 2.45) is 0 Å². The van der Waals surface area contributed by atoms with Gasteiger partial charge in [-0.1, -0.05) is 42.5 Å². The lowest BCUT2D eigenvalue weighted by Crippen LogP contribution is -2.62. The van der Waals surface area contributed by atoms with Gasteiger partial charge in [0.1, 0.15) is 0 Å². The van der Waals surface area contributed by atoms with E-state index in [1.165, 1.54) is 16.7 Å². The fraction of sp³-hybridized carbons (Fsp3) is 0.250. The van der Waals surface area contributed by atoms with Crippen molar-refractivity contribution in [3.8, 4) is 0 Å². The highest BCUT2D eigenvalue weighted by Crippen LogP contribution is 2.59. The summed E-state index contributed by atoms with van der Waals surface area (Å²) in [5, 5.41) is 15.6. The van der Waals surface area contributed by atoms with E-state index in [-0.39, 0.29) is 10.9 Å². The van der Waals surface area contributed by atoms with Gasteiger partial charge in [-0.2, -0.15) is 0 Å². The number of nitrogens with one attached hydrogen (secondary N) is 1. The number of hydrogen-bond acceptors (Lipinski definition) is 5. The third-order valence-corrected chi connectivity index (χ3v) is 6.67. The van der Waals surface area contributed by atoms with Crippen LogP contribution in [0.1, 0.15) is 18.1 Å². The summed E-state index contributed by atoms with van der Waals surface area (Å²) < 4.78 is 0. The second-order valence-electron chi connectivity index (χ2n) is 7.48. The number of amides is 2. The van der Waals surface area contributed by atoms with Crippen molar-refractivity contribution in [3.05, 3.63) is 69.8 Å². The molecule has 3 aliphatic rings. The van der Waals surface area contributed by atoms with Crippen LogP contribution in [0.3, 0.4) is 0 Å². The van der Waals surface area contributed by atoms with Crippen molar-refractivity contribution in [1.29, 1.82) is 0 Å². The first-order chi connectivity index (χ1) is 13.8. The second kappa shape index (κ2) is 5.38. The number of nitrogens with zero attached hydrogens (tertiary/aromatic N) is 3. The highest BCUT2D eigenvalue weighted by atomic mass is 32.1. The lowest BCUT2D eigenvalue weighted by atomic mass is 9.77. The summed E-state index contributed by atoms with van der Waals surface area (Å²) in [6, 6.07) is 12.6. The first kappa shape index (κ1) is 17.7. The summed E-state index contributed by atoms with van der Waals surface area (Å²) in [7, 11) is 1.62. The fourth-order valence-electron chi connectivity index (χ4n) is 5.18. The minimum atomic E-state index is -1.91. The molecule has 1 spiro atoms. The molecule has 0 bridgehead atoms. The van der Waals surface area contributed by atoms with Crippen LogP contribution in [0.5, 0.6) is 0 Å². The van der Waals surface area contributed by atoms with Crippen molar-refractivity contribution in [3.63, 3.8) is 0 Å². The van der Waals surface area contributed by atoms with E-state index in [0.717, 1.165) is 0 Å². The van der Waals surface area contributed by atoms with Crippen LogP contribution < -0.4 is 15.1 Å². The third kappa shape index (κ3) is 1.73. The number of hydrogen-bond donors (Lipinski definition) is 1. The maximum absolute atomic E-state index is 13.6. The molecule has 0 aliphatic carbocycles. The molecule has 8 nitrogen and oxygen atoms in total. The number of carbonyl (C=O) groups is 2. The van der Waals surface area contributed by atoms with Crippen molar-refractivity contribution < 1.29 is 14.5 Å². The molecular formula is C20H16N4O4S. The maximum atomic E-state index is 13.6. The van der Waals surface area contributed by atoms with Gasteiger partial charge in [0.2, 0.25) is 5.91 Å². The minimum absolute atomic E-state index is 0.0675. The van der Waals surface area contributed by atoms with Crippen LogP contribution in [0.15, 0.2) is 48.5 Å². The Labute approximate surface area is 171 Å². The standard InChI is InChI=1S/C20H16N4O4S/c1-11(25)23-15-10-6-4-8-13(15)20(24(27)28)16(23)19(21-17(20)29)12-7-3-5-9-14(12)22(2)18(19)26/h3-10,16H,1-2H3,(H,21,29)/t16-,19+,20+/m1/s1. The van der Waals surface area contributed by atoms with Gasteiger partial charge >= 0.3 is 5.54 Å². The van der Waals surface area contributed by atoms with Gasteiger partial charge in [0.15, 0.2) is 16.6 Å². The van der Waals surface area contributed by atoms with E-state index in [9.17, 15) is 19.7 Å². The number of anilines is 2. The monoisotopic (exact) mass is 408 g/mol. The van der Waals surface area contributed by atoms with Crippen molar-refractivity contribution in [2.75, 3.05) is 16.8 Å². The van der Waals surface area contributed by atoms with Gasteiger partial charge in [0, 0.05) is 30.1 Å². The van der Waals surface area contributed by atoms with Gasteiger partial charge in [-0.25, -0.2) is 0 Å². The molecule has 3 atom stereocenters. The molecule has 29 heavy (non-hydrogen) atoms. The molecular weight excluding hydrogens is 392 g/mol. The highest BCUT2D eigenvalue weighted by Gasteiger charge is 2.80. The van der Waals surface area contributed by atoms with Gasteiger partial charge in [0.05, 0.1) is 11.3 Å². The Morgan fingerprint density at radius 2 is 1.72 bits per heavy atom. The summed E-state index contributed by atoms with van der Waals surface area (Å²) in [5.41, 5.74) is -1.52. The second-order valence-corrected chi connectivity index (χ2v) is 7.88. The predicted octanol–water partition coefficient (Wildman–Crippen LogP) is 1.70. The lowest BCUT2D eigenvalue weighted by Gasteiger charge is -2.35. The Bertz CT molecular complexity index is 1150. The molecule has 9 heteroatoms. The Kier molecular flexibility index (Phi) is 3.29. The van der Waals surface area contributed by atoms with Gasteiger partial charge in [-0.05, 0) is 18.2 Å². The summed E-state index contributed by atoms with van der Waals surface area (Å²) in [6.07, 6.45) is 0. The SMILES string of the molecule is CC(=O)N1c2ccccc2[C@@]2([N+](=O)[O-])C(=S)N[C@]3(C(=O)N(C)c4ccccc43)[C@@H]12. The molecule has 2 aromatic carbocycles. The van der Waals surface area contributed by atoms with Crippen LogP contribution in [0.25, 0.3) is 0 Å². The number of carbonyl (C=O) groups excluding carboxylic acids is 2. The van der Waals surface area contributed by atoms with E-state index in [2.05, 4.69) is 5.32 Å². The summed E-state index contributed by atoms with van der Waals surface area (Å²) >= 11 is 5.53. The fourth-order valence-corrected chi connectivity index (χ4v) is 5.64. The average Bonchev–Trinajstić information content (AvgIpc) is 3.24. The molecule has 0 radical (unpaired) electrons. The molecule has 3 aliphatic heterocycles. The first-order valence-corrected chi connectivity index (χ1v) is 9.44. The average molecular weight is 408 g/mol. The molecule has 146 valence electrons. The smallest absolute Gasteiger partial charge is 0.321 e. The van der Waals surface area contributed by atoms with Gasteiger partial charge in [0.25, 0.3) is 5.91 Å². The van der Waals surface area contributed by atoms with Gasteiger partial charge in [-0.15, -0.1) is 0 Å². The minimum Gasteiger partial charge on any atom is -0.354 e. The van der Waals surface area contributed by atoms with Crippen LogP contribution in [-0.4, -0.2) is 34.8 Å². The predicted molar refractivity (Wildman–Crippen MR) is 109 cm³/mol. The van der Waals surface area contributed by atoms with Crippen LogP contribution in [0.4, 0.5) is 11.4 Å². The van der Waals surface area contributed by atoms with Crippen LogP contribution in [-0.2, 0) is 20.7 Å². The molecule has 1 fully saturated rings. The third-order valence-electron chi connectivity index (χ3n) is 6.25. The quantitative estimate of drug-likeness (QED) is 0.438. The molecule has 0 unspecified atom stereocenters. The highest BCUT2D eigenvalue weighted by molar-refractivity contribution is 7.80.